The number of carboxylic acids is 1. The predicted molar refractivity (Wildman–Crippen MR) is 118 cm³/mol. The topological polar surface area (TPSA) is 88.1 Å². The van der Waals surface area contributed by atoms with E-state index in [1.165, 1.54) is 19.3 Å². The summed E-state index contributed by atoms with van der Waals surface area (Å²) in [4.78, 5) is 25.3. The van der Waals surface area contributed by atoms with E-state index in [1.54, 1.807) is 6.92 Å². The summed E-state index contributed by atoms with van der Waals surface area (Å²) in [5.41, 5.74) is 0.874. The average Bonchev–Trinajstić information content (AvgIpc) is 2.73. The number of hydrogen-bond acceptors (Lipinski definition) is 4. The molecule has 7 heteroatoms. The number of nitrogens with one attached hydrogen (secondary N) is 1. The Morgan fingerprint density at radius 2 is 1.73 bits per heavy atom. The molecule has 0 bridgehead atoms. The second-order valence-electron chi connectivity index (χ2n) is 7.22. The summed E-state index contributed by atoms with van der Waals surface area (Å²) in [5.74, 6) is -0.266. The highest BCUT2D eigenvalue weighted by Crippen LogP contribution is 2.15. The summed E-state index contributed by atoms with van der Waals surface area (Å²) < 4.78 is 11.0. The van der Waals surface area contributed by atoms with Gasteiger partial charge in [0, 0.05) is 26.1 Å². The van der Waals surface area contributed by atoms with Gasteiger partial charge in [-0.15, -0.1) is 0 Å². The van der Waals surface area contributed by atoms with Crippen molar-refractivity contribution in [2.75, 3.05) is 32.8 Å². The number of hydrogen-bond donors (Lipinski definition) is 2. The van der Waals surface area contributed by atoms with Crippen LogP contribution in [0.25, 0.3) is 0 Å². The third-order valence-electron chi connectivity index (χ3n) is 4.76. The van der Waals surface area contributed by atoms with E-state index in [9.17, 15) is 14.7 Å². The first-order valence-corrected chi connectivity index (χ1v) is 11.1. The van der Waals surface area contributed by atoms with Gasteiger partial charge in [0.1, 0.15) is 12.4 Å². The highest BCUT2D eigenvalue weighted by atomic mass is 16.5. The van der Waals surface area contributed by atoms with E-state index in [-0.39, 0.29) is 6.03 Å². The second kappa shape index (κ2) is 15.5. The molecular formula is C23H38N2O5. The first-order valence-electron chi connectivity index (χ1n) is 11.1. The van der Waals surface area contributed by atoms with Crippen LogP contribution in [-0.2, 0) is 16.0 Å². The molecule has 1 atom stereocenters. The van der Waals surface area contributed by atoms with Gasteiger partial charge in [0.2, 0.25) is 0 Å². The minimum absolute atomic E-state index is 0.0532. The molecule has 0 radical (unpaired) electrons. The van der Waals surface area contributed by atoms with Crippen molar-refractivity contribution in [2.45, 2.75) is 65.4 Å². The number of carboxylic acid groups (broad SMARTS) is 1. The first-order chi connectivity index (χ1) is 14.5. The van der Waals surface area contributed by atoms with E-state index in [1.807, 2.05) is 36.1 Å². The highest BCUT2D eigenvalue weighted by molar-refractivity contribution is 5.74. The largest absolute Gasteiger partial charge is 0.492 e. The van der Waals surface area contributed by atoms with E-state index < -0.39 is 12.1 Å². The van der Waals surface area contributed by atoms with Crippen molar-refractivity contribution in [1.29, 1.82) is 0 Å². The van der Waals surface area contributed by atoms with E-state index >= 15 is 0 Å². The number of ether oxygens (including phenoxy) is 2. The van der Waals surface area contributed by atoms with Crippen LogP contribution in [0.5, 0.6) is 5.75 Å². The summed E-state index contributed by atoms with van der Waals surface area (Å²) >= 11 is 0. The van der Waals surface area contributed by atoms with Gasteiger partial charge in [0.05, 0.1) is 6.54 Å². The monoisotopic (exact) mass is 422 g/mol. The van der Waals surface area contributed by atoms with Gasteiger partial charge in [-0.2, -0.15) is 0 Å². The number of unbranched alkanes of at least 4 members (excludes halogenated alkanes) is 4. The van der Waals surface area contributed by atoms with Gasteiger partial charge in [-0.25, -0.2) is 9.59 Å². The van der Waals surface area contributed by atoms with Gasteiger partial charge in [-0.1, -0.05) is 44.7 Å². The molecule has 0 aromatic heterocycles. The number of amides is 2. The molecule has 30 heavy (non-hydrogen) atoms. The third kappa shape index (κ3) is 10.5. The van der Waals surface area contributed by atoms with Crippen molar-refractivity contribution in [3.05, 3.63) is 29.8 Å². The Morgan fingerprint density at radius 1 is 1.03 bits per heavy atom. The molecule has 0 saturated carbocycles. The van der Waals surface area contributed by atoms with Crippen LogP contribution in [0.1, 0.15) is 58.4 Å². The standard InChI is InChI=1S/C23H38N2O5/c1-4-7-8-9-10-15-25(23(28)24-5-2)16-17-30-20-13-11-19(12-14-20)18-21(22(26)27)29-6-3/h11-14,21H,4-10,15-18H2,1-3H3,(H,24,28)(H,26,27). The molecule has 1 unspecified atom stereocenters. The molecule has 0 aliphatic carbocycles. The average molecular weight is 423 g/mol. The van der Waals surface area contributed by atoms with Gasteiger partial charge in [-0.05, 0) is 38.0 Å². The van der Waals surface area contributed by atoms with Gasteiger partial charge < -0.3 is 24.8 Å². The van der Waals surface area contributed by atoms with Crippen molar-refractivity contribution in [2.24, 2.45) is 0 Å². The van der Waals surface area contributed by atoms with Crippen LogP contribution in [0.2, 0.25) is 0 Å². The van der Waals surface area contributed by atoms with Crippen LogP contribution < -0.4 is 10.1 Å². The van der Waals surface area contributed by atoms with E-state index in [4.69, 9.17) is 9.47 Å². The SMILES string of the molecule is CCCCCCCN(CCOc1ccc(CC(OCC)C(=O)O)cc1)C(=O)NCC. The summed E-state index contributed by atoms with van der Waals surface area (Å²) in [6.07, 6.45) is 5.24. The zero-order valence-electron chi connectivity index (χ0n) is 18.7. The van der Waals surface area contributed by atoms with Crippen molar-refractivity contribution in [3.8, 4) is 5.75 Å². The number of benzene rings is 1. The molecule has 0 fully saturated rings. The Kier molecular flexibility index (Phi) is 13.3. The summed E-state index contributed by atoms with van der Waals surface area (Å²) in [5, 5.41) is 12.1. The quantitative estimate of drug-likeness (QED) is 0.392. The van der Waals surface area contributed by atoms with Crippen molar-refractivity contribution < 1.29 is 24.2 Å². The fourth-order valence-corrected chi connectivity index (χ4v) is 3.11. The van der Waals surface area contributed by atoms with Gasteiger partial charge in [-0.3, -0.25) is 0 Å². The highest BCUT2D eigenvalue weighted by Gasteiger charge is 2.18. The Bertz CT molecular complexity index is 606. The van der Waals surface area contributed by atoms with E-state index in [0.717, 1.165) is 24.9 Å². The molecule has 0 spiro atoms. The maximum Gasteiger partial charge on any atom is 0.333 e. The van der Waals surface area contributed by atoms with E-state index in [2.05, 4.69) is 12.2 Å². The van der Waals surface area contributed by atoms with Gasteiger partial charge in [0.15, 0.2) is 6.10 Å². The molecule has 0 heterocycles. The lowest BCUT2D eigenvalue weighted by Crippen LogP contribution is -2.42. The maximum absolute atomic E-state index is 12.3. The lowest BCUT2D eigenvalue weighted by molar-refractivity contribution is -0.149. The van der Waals surface area contributed by atoms with Crippen LogP contribution in [0, 0.1) is 0 Å². The number of carbonyl (C=O) groups is 2. The molecule has 0 saturated heterocycles. The lowest BCUT2D eigenvalue weighted by Gasteiger charge is -2.23. The normalized spacial score (nSPS) is 11.7. The Balaban J connectivity index is 2.48. The van der Waals surface area contributed by atoms with E-state index in [0.29, 0.717) is 38.5 Å². The number of urea groups is 1. The third-order valence-corrected chi connectivity index (χ3v) is 4.76. The van der Waals surface area contributed by atoms with Crippen LogP contribution in [-0.4, -0.2) is 61.0 Å². The molecule has 170 valence electrons. The molecule has 0 aliphatic heterocycles. The molecule has 1 rings (SSSR count). The minimum Gasteiger partial charge on any atom is -0.492 e. The predicted octanol–water partition coefficient (Wildman–Crippen LogP) is 4.10. The summed E-state index contributed by atoms with van der Waals surface area (Å²) in [6.45, 7) is 8.50. The smallest absolute Gasteiger partial charge is 0.333 e. The van der Waals surface area contributed by atoms with Crippen LogP contribution >= 0.6 is 0 Å². The summed E-state index contributed by atoms with van der Waals surface area (Å²) in [6, 6.07) is 7.28. The number of rotatable bonds is 16. The van der Waals surface area contributed by atoms with Crippen molar-refractivity contribution in [1.82, 2.24) is 10.2 Å². The minimum atomic E-state index is -0.961. The van der Waals surface area contributed by atoms with Crippen molar-refractivity contribution >= 4 is 12.0 Å². The Hall–Kier alpha value is -2.28. The van der Waals surface area contributed by atoms with Crippen molar-refractivity contribution in [3.63, 3.8) is 0 Å². The Morgan fingerprint density at radius 3 is 2.33 bits per heavy atom. The molecule has 0 aliphatic rings. The number of carbonyl (C=O) groups excluding carboxylic acids is 1. The summed E-state index contributed by atoms with van der Waals surface area (Å²) in [7, 11) is 0. The van der Waals surface area contributed by atoms with Gasteiger partial charge in [0.25, 0.3) is 0 Å². The zero-order chi connectivity index (χ0) is 22.2. The van der Waals surface area contributed by atoms with Crippen LogP contribution in [0.15, 0.2) is 24.3 Å². The fraction of sp³-hybridized carbons (Fsp3) is 0.652. The number of aliphatic carboxylic acids is 1. The molecule has 1 aromatic rings. The van der Waals surface area contributed by atoms with Gasteiger partial charge >= 0.3 is 12.0 Å². The Labute approximate surface area is 180 Å². The molecule has 2 amide bonds. The molecular weight excluding hydrogens is 384 g/mol. The fourth-order valence-electron chi connectivity index (χ4n) is 3.11. The lowest BCUT2D eigenvalue weighted by atomic mass is 10.1. The first kappa shape index (κ1) is 25.8. The molecule has 2 N–H and O–H groups in total. The molecule has 7 nitrogen and oxygen atoms in total. The second-order valence-corrected chi connectivity index (χ2v) is 7.22. The van der Waals surface area contributed by atoms with Crippen LogP contribution in [0.3, 0.4) is 0 Å². The zero-order valence-corrected chi connectivity index (χ0v) is 18.7. The molecule has 1 aromatic carbocycles. The number of nitrogens with zero attached hydrogens (tertiary/aromatic N) is 1. The maximum atomic E-state index is 12.3. The van der Waals surface area contributed by atoms with Crippen LogP contribution in [0.4, 0.5) is 4.79 Å².